The molecule has 1 aromatic heterocycles. The smallest absolute Gasteiger partial charge is 0.331 e. The number of phenolic OH excluding ortho intramolecular Hbond substituents is 2. The number of aromatic amines is 1. The first-order chi connectivity index (χ1) is 28.0. The summed E-state index contributed by atoms with van der Waals surface area (Å²) < 4.78 is 6.65. The number of nitrogens with zero attached hydrogens (tertiary/aromatic N) is 2. The molecule has 3 aromatic rings. The fourth-order valence-corrected chi connectivity index (χ4v) is 6.62. The first kappa shape index (κ1) is 45.4. The Kier molecular flexibility index (Phi) is 16.1. The van der Waals surface area contributed by atoms with Gasteiger partial charge in [0.2, 0.25) is 23.9 Å². The molecule has 0 bridgehead atoms. The predicted molar refractivity (Wildman–Crippen MR) is 214 cm³/mol. The molecular formula is C38H48N8O12S. The fraction of sp³-hybridized carbons (Fsp3) is 0.395. The number of carbonyl (C=O) groups is 5. The minimum atomic E-state index is -1.52. The van der Waals surface area contributed by atoms with E-state index in [-0.39, 0.29) is 42.9 Å². The lowest BCUT2D eigenvalue weighted by Crippen LogP contribution is -2.62. The molecule has 2 aromatic carbocycles. The molecule has 21 heteroatoms. The maximum Gasteiger partial charge on any atom is 0.331 e. The highest BCUT2D eigenvalue weighted by molar-refractivity contribution is 7.98. The summed E-state index contributed by atoms with van der Waals surface area (Å²) in [5.74, 6) is -3.47. The van der Waals surface area contributed by atoms with Gasteiger partial charge in [-0.25, -0.2) is 14.4 Å². The number of phenols is 2. The minimum Gasteiger partial charge on any atom is -0.508 e. The van der Waals surface area contributed by atoms with E-state index >= 15 is 0 Å². The van der Waals surface area contributed by atoms with Crippen molar-refractivity contribution < 1.29 is 49.1 Å². The minimum absolute atomic E-state index is 0.0252. The van der Waals surface area contributed by atoms with Crippen molar-refractivity contribution >= 4 is 41.5 Å². The third-order valence-corrected chi connectivity index (χ3v) is 10.0. The summed E-state index contributed by atoms with van der Waals surface area (Å²) in [7, 11) is 1.37. The van der Waals surface area contributed by atoms with Crippen molar-refractivity contribution in [2.45, 2.75) is 75.1 Å². The van der Waals surface area contributed by atoms with E-state index < -0.39 is 83.5 Å². The van der Waals surface area contributed by atoms with Gasteiger partial charge < -0.3 is 57.1 Å². The monoisotopic (exact) mass is 840 g/mol. The number of carbonyl (C=O) groups excluding carboxylic acids is 4. The number of aliphatic hydroxyl groups is 1. The van der Waals surface area contributed by atoms with E-state index in [1.165, 1.54) is 56.1 Å². The van der Waals surface area contributed by atoms with Crippen LogP contribution in [0.1, 0.15) is 37.1 Å². The Morgan fingerprint density at radius 2 is 1.61 bits per heavy atom. The first-order valence-corrected chi connectivity index (χ1v) is 19.7. The van der Waals surface area contributed by atoms with Gasteiger partial charge in [-0.15, -0.1) is 0 Å². The number of benzene rings is 2. The number of hydrogen-bond acceptors (Lipinski definition) is 13. The number of aromatic nitrogens is 2. The second-order valence-electron chi connectivity index (χ2n) is 13.8. The number of aromatic hydroxyl groups is 2. The number of nitrogens with one attached hydrogen (secondary N) is 5. The van der Waals surface area contributed by atoms with Gasteiger partial charge in [0, 0.05) is 38.4 Å². The molecule has 1 aliphatic rings. The number of hydrogen-bond donors (Lipinski definition) is 10. The van der Waals surface area contributed by atoms with Crippen LogP contribution in [0, 0.1) is 0 Å². The number of thioether (sulfide) groups is 1. The van der Waals surface area contributed by atoms with Crippen LogP contribution in [-0.4, -0.2) is 120 Å². The van der Waals surface area contributed by atoms with E-state index in [0.717, 1.165) is 27.9 Å². The van der Waals surface area contributed by atoms with Crippen LogP contribution in [0.3, 0.4) is 0 Å². The lowest BCUT2D eigenvalue weighted by Gasteiger charge is -2.34. The number of carboxylic acids is 1. The lowest BCUT2D eigenvalue weighted by atomic mass is 10.0. The van der Waals surface area contributed by atoms with Crippen molar-refractivity contribution in [1.82, 2.24) is 35.7 Å². The highest BCUT2D eigenvalue weighted by Gasteiger charge is 2.37. The van der Waals surface area contributed by atoms with Crippen molar-refractivity contribution in [3.8, 4) is 11.5 Å². The van der Waals surface area contributed by atoms with Gasteiger partial charge in [-0.1, -0.05) is 24.3 Å². The molecule has 59 heavy (non-hydrogen) atoms. The van der Waals surface area contributed by atoms with Crippen LogP contribution in [0.4, 0.5) is 4.79 Å². The number of likely N-dealkylation sites (N-methyl/N-ethyl adjacent to an activating group) is 1. The number of aliphatic carboxylic acids is 1. The molecule has 0 saturated carbocycles. The number of urea groups is 1. The highest BCUT2D eigenvalue weighted by Crippen LogP contribution is 2.30. The first-order valence-electron chi connectivity index (χ1n) is 18.3. The number of rotatable bonds is 18. The Labute approximate surface area is 341 Å². The van der Waals surface area contributed by atoms with Gasteiger partial charge >= 0.3 is 17.7 Å². The third kappa shape index (κ3) is 12.8. The second kappa shape index (κ2) is 20.9. The van der Waals surface area contributed by atoms with E-state index in [0.29, 0.717) is 16.9 Å². The summed E-state index contributed by atoms with van der Waals surface area (Å²) in [6.45, 7) is 1.47. The van der Waals surface area contributed by atoms with Crippen LogP contribution in [0.15, 0.2) is 82.3 Å². The molecule has 0 radical (unpaired) electrons. The van der Waals surface area contributed by atoms with Crippen molar-refractivity contribution in [2.24, 2.45) is 5.73 Å². The number of nitrogens with two attached hydrogens (primary N) is 1. The van der Waals surface area contributed by atoms with E-state index in [1.54, 1.807) is 24.5 Å². The Bertz CT molecular complexity index is 2140. The van der Waals surface area contributed by atoms with Gasteiger partial charge in [0.05, 0.1) is 12.1 Å². The van der Waals surface area contributed by atoms with Crippen LogP contribution in [0.25, 0.3) is 0 Å². The van der Waals surface area contributed by atoms with Gasteiger partial charge in [-0.2, -0.15) is 11.8 Å². The van der Waals surface area contributed by atoms with Crippen molar-refractivity contribution in [2.75, 3.05) is 19.1 Å². The number of ether oxygens (including phenoxy) is 1. The van der Waals surface area contributed by atoms with Crippen molar-refractivity contribution in [3.63, 3.8) is 0 Å². The standard InChI is InChI=1S/C38H48N8O12S/c1-20(45(2)34(53)26(39)16-21-6-4-8-23(47)14-21)31(33(52)40-19-25-18-29(49)35(58-25)46-12-10-30(50)43-38(46)57)44-32(51)27(11-13-59-3)41-37(56)42-28(36(54)55)17-22-7-5-9-24(48)15-22/h4-10,12,14-15,19-20,26-29,31,35,47-49H,11,13,16-18,39H2,1-3H3,(H,40,52)(H,44,51)(H,54,55)(H2,41,42,56)(H,43,50,57)/b25-19-/t20-,26?,27?,28?,29+,31-,35+/m1/s1. The summed E-state index contributed by atoms with van der Waals surface area (Å²) in [5, 5.41) is 50.0. The zero-order valence-corrected chi connectivity index (χ0v) is 33.2. The Morgan fingerprint density at radius 1 is 0.983 bits per heavy atom. The van der Waals surface area contributed by atoms with Gasteiger partial charge in [-0.05, 0) is 67.2 Å². The van der Waals surface area contributed by atoms with Gasteiger partial charge in [0.1, 0.15) is 41.5 Å². The van der Waals surface area contributed by atoms with Crippen LogP contribution in [-0.2, 0) is 36.8 Å². The summed E-state index contributed by atoms with van der Waals surface area (Å²) in [4.78, 5) is 93.8. The lowest BCUT2D eigenvalue weighted by molar-refractivity contribution is -0.139. The average Bonchev–Trinajstić information content (AvgIpc) is 3.55. The number of amides is 5. The zero-order chi connectivity index (χ0) is 43.4. The maximum absolute atomic E-state index is 13.9. The molecule has 1 fully saturated rings. The molecule has 2 heterocycles. The molecule has 318 valence electrons. The summed E-state index contributed by atoms with van der Waals surface area (Å²) in [6, 6.07) is 5.55. The van der Waals surface area contributed by atoms with E-state index in [1.807, 2.05) is 0 Å². The molecule has 0 spiro atoms. The number of aliphatic hydroxyl groups excluding tert-OH is 1. The molecule has 3 unspecified atom stereocenters. The molecule has 20 nitrogen and oxygen atoms in total. The van der Waals surface area contributed by atoms with Crippen LogP contribution in [0.2, 0.25) is 0 Å². The Morgan fingerprint density at radius 3 is 2.20 bits per heavy atom. The topological polar surface area (TPSA) is 308 Å². The van der Waals surface area contributed by atoms with Crippen LogP contribution >= 0.6 is 11.8 Å². The molecule has 4 rings (SSSR count). The van der Waals surface area contributed by atoms with Gasteiger partial charge in [0.15, 0.2) is 0 Å². The molecule has 11 N–H and O–H groups in total. The van der Waals surface area contributed by atoms with E-state index in [2.05, 4.69) is 26.3 Å². The quantitative estimate of drug-likeness (QED) is 0.0751. The summed E-state index contributed by atoms with van der Waals surface area (Å²) in [6.07, 6.45) is 1.22. The highest BCUT2D eigenvalue weighted by atomic mass is 32.2. The normalized spacial score (nSPS) is 18.0. The Hall–Kier alpha value is -6.32. The Balaban J connectivity index is 1.55. The van der Waals surface area contributed by atoms with Crippen LogP contribution < -0.4 is 38.2 Å². The second-order valence-corrected chi connectivity index (χ2v) is 14.8. The molecule has 1 saturated heterocycles. The summed E-state index contributed by atoms with van der Waals surface area (Å²) in [5.41, 5.74) is 5.75. The average molecular weight is 841 g/mol. The number of carboxylic acid groups (broad SMARTS) is 1. The SMILES string of the molecule is CSCCC(NC(=O)NC(Cc1cccc(O)c1)C(=O)O)C(=O)N[C@@H](C(=O)N/C=C1/C[C@H](O)[C@@H](n2ccc(=O)[nH]c2=O)O1)[C@@H](C)N(C)C(=O)C(N)Cc1cccc(O)c1. The van der Waals surface area contributed by atoms with Crippen LogP contribution in [0.5, 0.6) is 11.5 Å². The molecule has 0 aliphatic carbocycles. The zero-order valence-electron chi connectivity index (χ0n) is 32.4. The predicted octanol–water partition coefficient (Wildman–Crippen LogP) is -0.796. The maximum atomic E-state index is 13.9. The fourth-order valence-electron chi connectivity index (χ4n) is 6.14. The molecular weight excluding hydrogens is 793 g/mol. The van der Waals surface area contributed by atoms with Crippen molar-refractivity contribution in [3.05, 3.63) is 105 Å². The largest absolute Gasteiger partial charge is 0.508 e. The van der Waals surface area contributed by atoms with E-state index in [9.17, 15) is 54.0 Å². The van der Waals surface area contributed by atoms with Crippen molar-refractivity contribution in [1.29, 1.82) is 0 Å². The molecule has 5 amide bonds. The molecule has 7 atom stereocenters. The summed E-state index contributed by atoms with van der Waals surface area (Å²) >= 11 is 1.35. The molecule has 1 aliphatic heterocycles. The third-order valence-electron chi connectivity index (χ3n) is 9.40. The number of H-pyrrole nitrogens is 1. The van der Waals surface area contributed by atoms with Gasteiger partial charge in [0.25, 0.3) is 5.56 Å². The van der Waals surface area contributed by atoms with Gasteiger partial charge in [-0.3, -0.25) is 28.7 Å². The van der Waals surface area contributed by atoms with E-state index in [4.69, 9.17) is 10.5 Å².